The number of nitrogens with zero attached hydrogens (tertiary/aromatic N) is 2. The minimum Gasteiger partial charge on any atom is -0.399 e. The van der Waals surface area contributed by atoms with Crippen molar-refractivity contribution in [3.05, 3.63) is 40.8 Å². The zero-order valence-electron chi connectivity index (χ0n) is 9.97. The second kappa shape index (κ2) is 5.68. The first-order valence-electron chi connectivity index (χ1n) is 5.77. The Hall–Kier alpha value is -1.55. The van der Waals surface area contributed by atoms with E-state index in [9.17, 15) is 0 Å². The fraction of sp³-hybridized carbons (Fsp3) is 0.308. The normalized spacial score (nSPS) is 10.4. The molecule has 90 valence electrons. The van der Waals surface area contributed by atoms with Crippen LogP contribution in [0.2, 0.25) is 0 Å². The average Bonchev–Trinajstić information content (AvgIpc) is 2.82. The number of aromatic nitrogens is 1. The van der Waals surface area contributed by atoms with Gasteiger partial charge in [-0.2, -0.15) is 0 Å². The Kier molecular flexibility index (Phi) is 3.98. The van der Waals surface area contributed by atoms with Gasteiger partial charge in [0.1, 0.15) is 0 Å². The highest BCUT2D eigenvalue weighted by atomic mass is 32.1. The first-order chi connectivity index (χ1) is 8.29. The molecule has 0 fully saturated rings. The minimum absolute atomic E-state index is 0.808. The standard InChI is InChI=1S/C13H17N3S/c1-2-7-16(9-13-8-15-10-17-13)12-5-3-11(14)4-6-12/h3-6,8,10H,2,7,9,14H2,1H3. The maximum absolute atomic E-state index is 5.71. The molecule has 1 aromatic carbocycles. The van der Waals surface area contributed by atoms with Crippen LogP contribution in [0.1, 0.15) is 18.2 Å². The van der Waals surface area contributed by atoms with Crippen LogP contribution in [0.5, 0.6) is 0 Å². The van der Waals surface area contributed by atoms with E-state index in [0.717, 1.165) is 25.2 Å². The fourth-order valence-corrected chi connectivity index (χ4v) is 2.37. The van der Waals surface area contributed by atoms with Crippen molar-refractivity contribution in [2.24, 2.45) is 0 Å². The molecular weight excluding hydrogens is 230 g/mol. The smallest absolute Gasteiger partial charge is 0.0794 e. The molecule has 1 aromatic heterocycles. The number of anilines is 2. The van der Waals surface area contributed by atoms with Crippen LogP contribution in [-0.4, -0.2) is 11.5 Å². The lowest BCUT2D eigenvalue weighted by Crippen LogP contribution is -2.22. The third kappa shape index (κ3) is 3.20. The van der Waals surface area contributed by atoms with Crippen LogP contribution in [0.3, 0.4) is 0 Å². The lowest BCUT2D eigenvalue weighted by molar-refractivity contribution is 0.773. The molecule has 0 saturated carbocycles. The summed E-state index contributed by atoms with van der Waals surface area (Å²) in [6, 6.07) is 8.05. The number of benzene rings is 1. The minimum atomic E-state index is 0.808. The molecule has 0 unspecified atom stereocenters. The summed E-state index contributed by atoms with van der Waals surface area (Å²) in [5.74, 6) is 0. The molecule has 0 aliphatic rings. The molecule has 1 heterocycles. The van der Waals surface area contributed by atoms with E-state index in [4.69, 9.17) is 5.73 Å². The molecule has 0 atom stereocenters. The summed E-state index contributed by atoms with van der Waals surface area (Å²) in [5, 5.41) is 0. The molecule has 3 nitrogen and oxygen atoms in total. The highest BCUT2D eigenvalue weighted by Gasteiger charge is 2.07. The third-order valence-electron chi connectivity index (χ3n) is 2.58. The fourth-order valence-electron chi connectivity index (χ4n) is 1.76. The highest BCUT2D eigenvalue weighted by Crippen LogP contribution is 2.20. The highest BCUT2D eigenvalue weighted by molar-refractivity contribution is 7.09. The van der Waals surface area contributed by atoms with Crippen LogP contribution >= 0.6 is 11.3 Å². The number of thiazole rings is 1. The number of hydrogen-bond acceptors (Lipinski definition) is 4. The second-order valence-corrected chi connectivity index (χ2v) is 4.95. The van der Waals surface area contributed by atoms with Crippen molar-refractivity contribution in [2.75, 3.05) is 17.2 Å². The summed E-state index contributed by atoms with van der Waals surface area (Å²) >= 11 is 1.70. The van der Waals surface area contributed by atoms with Crippen LogP contribution in [0.25, 0.3) is 0 Å². The summed E-state index contributed by atoms with van der Waals surface area (Å²) in [6.45, 7) is 4.15. The Labute approximate surface area is 106 Å². The van der Waals surface area contributed by atoms with Crippen LogP contribution < -0.4 is 10.6 Å². The van der Waals surface area contributed by atoms with Gasteiger partial charge in [0.15, 0.2) is 0 Å². The maximum Gasteiger partial charge on any atom is 0.0794 e. The van der Waals surface area contributed by atoms with Crippen molar-refractivity contribution >= 4 is 22.7 Å². The summed E-state index contributed by atoms with van der Waals surface area (Å²) in [4.78, 5) is 7.76. The Morgan fingerprint density at radius 3 is 2.65 bits per heavy atom. The largest absolute Gasteiger partial charge is 0.399 e. The van der Waals surface area contributed by atoms with E-state index in [1.165, 1.54) is 10.6 Å². The van der Waals surface area contributed by atoms with Gasteiger partial charge >= 0.3 is 0 Å². The summed E-state index contributed by atoms with van der Waals surface area (Å²) in [7, 11) is 0. The summed E-state index contributed by atoms with van der Waals surface area (Å²) in [6.07, 6.45) is 3.06. The van der Waals surface area contributed by atoms with E-state index in [-0.39, 0.29) is 0 Å². The van der Waals surface area contributed by atoms with E-state index in [0.29, 0.717) is 0 Å². The van der Waals surface area contributed by atoms with Crippen LogP contribution in [0.4, 0.5) is 11.4 Å². The van der Waals surface area contributed by atoms with E-state index >= 15 is 0 Å². The van der Waals surface area contributed by atoms with Gasteiger partial charge in [-0.1, -0.05) is 6.92 Å². The van der Waals surface area contributed by atoms with Crippen molar-refractivity contribution in [2.45, 2.75) is 19.9 Å². The number of hydrogen-bond donors (Lipinski definition) is 1. The Bertz CT molecular complexity index is 436. The lowest BCUT2D eigenvalue weighted by Gasteiger charge is -2.23. The average molecular weight is 247 g/mol. The van der Waals surface area contributed by atoms with E-state index in [1.807, 2.05) is 23.8 Å². The topological polar surface area (TPSA) is 42.2 Å². The first kappa shape index (κ1) is 11.9. The van der Waals surface area contributed by atoms with Gasteiger partial charge in [-0.05, 0) is 30.7 Å². The first-order valence-corrected chi connectivity index (χ1v) is 6.65. The van der Waals surface area contributed by atoms with Crippen LogP contribution in [-0.2, 0) is 6.54 Å². The number of rotatable bonds is 5. The van der Waals surface area contributed by atoms with Crippen molar-refractivity contribution in [3.8, 4) is 0 Å². The van der Waals surface area contributed by atoms with Crippen molar-refractivity contribution in [1.82, 2.24) is 4.98 Å². The Balaban J connectivity index is 2.13. The van der Waals surface area contributed by atoms with E-state index in [2.05, 4.69) is 28.9 Å². The predicted octanol–water partition coefficient (Wildman–Crippen LogP) is 3.14. The van der Waals surface area contributed by atoms with Gasteiger partial charge in [0, 0.05) is 29.0 Å². The van der Waals surface area contributed by atoms with Crippen LogP contribution in [0.15, 0.2) is 36.0 Å². The molecule has 0 amide bonds. The maximum atomic E-state index is 5.71. The molecule has 0 aliphatic carbocycles. The molecular formula is C13H17N3S. The zero-order valence-corrected chi connectivity index (χ0v) is 10.8. The third-order valence-corrected chi connectivity index (χ3v) is 3.35. The lowest BCUT2D eigenvalue weighted by atomic mass is 10.2. The van der Waals surface area contributed by atoms with E-state index in [1.54, 1.807) is 11.3 Å². The van der Waals surface area contributed by atoms with Gasteiger partial charge < -0.3 is 10.6 Å². The van der Waals surface area contributed by atoms with E-state index < -0.39 is 0 Å². The van der Waals surface area contributed by atoms with Gasteiger partial charge in [-0.15, -0.1) is 11.3 Å². The molecule has 17 heavy (non-hydrogen) atoms. The van der Waals surface area contributed by atoms with Crippen molar-refractivity contribution in [1.29, 1.82) is 0 Å². The Morgan fingerprint density at radius 2 is 2.06 bits per heavy atom. The van der Waals surface area contributed by atoms with Gasteiger partial charge in [-0.25, -0.2) is 0 Å². The van der Waals surface area contributed by atoms with Crippen molar-refractivity contribution in [3.63, 3.8) is 0 Å². The molecule has 2 rings (SSSR count). The summed E-state index contributed by atoms with van der Waals surface area (Å²) in [5.41, 5.74) is 9.61. The van der Waals surface area contributed by atoms with Gasteiger partial charge in [0.25, 0.3) is 0 Å². The molecule has 2 N–H and O–H groups in total. The second-order valence-electron chi connectivity index (χ2n) is 3.98. The monoisotopic (exact) mass is 247 g/mol. The summed E-state index contributed by atoms with van der Waals surface area (Å²) < 4.78 is 0. The number of nitrogen functional groups attached to an aromatic ring is 1. The van der Waals surface area contributed by atoms with Gasteiger partial charge in [0.2, 0.25) is 0 Å². The molecule has 0 bridgehead atoms. The van der Waals surface area contributed by atoms with Gasteiger partial charge in [-0.3, -0.25) is 4.98 Å². The molecule has 0 radical (unpaired) electrons. The van der Waals surface area contributed by atoms with Crippen LogP contribution in [0, 0.1) is 0 Å². The predicted molar refractivity (Wildman–Crippen MR) is 74.3 cm³/mol. The quantitative estimate of drug-likeness (QED) is 0.825. The number of nitrogens with two attached hydrogens (primary N) is 1. The molecule has 2 aromatic rings. The Morgan fingerprint density at radius 1 is 1.29 bits per heavy atom. The molecule has 0 saturated heterocycles. The molecule has 0 aliphatic heterocycles. The van der Waals surface area contributed by atoms with Gasteiger partial charge in [0.05, 0.1) is 12.1 Å². The SMILES string of the molecule is CCCN(Cc1cncs1)c1ccc(N)cc1. The molecule has 0 spiro atoms. The zero-order chi connectivity index (χ0) is 12.1. The van der Waals surface area contributed by atoms with Crippen molar-refractivity contribution < 1.29 is 0 Å². The molecule has 4 heteroatoms.